The Hall–Kier alpha value is -1.88. The van der Waals surface area contributed by atoms with Crippen molar-refractivity contribution < 1.29 is 0 Å². The number of nitrogens with one attached hydrogen (secondary N) is 1. The van der Waals surface area contributed by atoms with E-state index in [1.807, 2.05) is 12.3 Å². The van der Waals surface area contributed by atoms with Crippen LogP contribution in [0.25, 0.3) is 0 Å². The van der Waals surface area contributed by atoms with Crippen LogP contribution in [0.3, 0.4) is 0 Å². The van der Waals surface area contributed by atoms with E-state index in [0.717, 1.165) is 91.3 Å². The monoisotopic (exact) mass is 954 g/mol. The van der Waals surface area contributed by atoms with Crippen LogP contribution in [0.4, 0.5) is 5.69 Å². The zero-order chi connectivity index (χ0) is 49.2. The number of hydrogen-bond acceptors (Lipinski definition) is 9. The van der Waals surface area contributed by atoms with Gasteiger partial charge in [0.15, 0.2) is 0 Å². The van der Waals surface area contributed by atoms with Gasteiger partial charge in [0.25, 0.3) is 0 Å². The number of nitrogens with zero attached hydrogens (tertiary/aromatic N) is 8. The maximum Gasteiger partial charge on any atom is 0.0637 e. The Kier molecular flexibility index (Phi) is 21.0. The van der Waals surface area contributed by atoms with E-state index in [9.17, 15) is 0 Å². The molecule has 9 nitrogen and oxygen atoms in total. The van der Waals surface area contributed by atoms with Crippen molar-refractivity contribution in [3.63, 3.8) is 0 Å². The molecule has 1 N–H and O–H groups in total. The third kappa shape index (κ3) is 14.7. The zero-order valence-electron chi connectivity index (χ0n) is 46.9. The first-order valence-electron chi connectivity index (χ1n) is 29.3. The highest BCUT2D eigenvalue weighted by Gasteiger charge is 2.37. The summed E-state index contributed by atoms with van der Waals surface area (Å²) in [4.78, 5) is 23.6. The molecule has 14 atom stereocenters. The molecule has 1 aromatic rings. The number of rotatable bonds is 0. The highest BCUT2D eigenvalue weighted by atomic mass is 15.2. The van der Waals surface area contributed by atoms with Crippen molar-refractivity contribution in [3.8, 4) is 0 Å². The Balaban J connectivity index is 0.000000122. The van der Waals surface area contributed by atoms with Crippen molar-refractivity contribution in [2.45, 2.75) is 218 Å². The topological polar surface area (TPSA) is 56.7 Å². The first-order chi connectivity index (χ1) is 33.2. The van der Waals surface area contributed by atoms with Crippen LogP contribution in [0, 0.1) is 35.5 Å². The van der Waals surface area contributed by atoms with Crippen LogP contribution in [0.15, 0.2) is 34.5 Å². The van der Waals surface area contributed by atoms with Crippen LogP contribution in [0.2, 0.25) is 0 Å². The van der Waals surface area contributed by atoms with Crippen LogP contribution in [0.5, 0.6) is 0 Å². The molecule has 0 radical (unpaired) electrons. The Labute approximate surface area is 425 Å². The van der Waals surface area contributed by atoms with Crippen LogP contribution in [-0.4, -0.2) is 166 Å². The number of fused-ring (bicyclic) bond motifs is 5. The van der Waals surface area contributed by atoms with E-state index in [-0.39, 0.29) is 0 Å². The van der Waals surface area contributed by atoms with Gasteiger partial charge in [0, 0.05) is 87.4 Å². The first-order valence-corrected chi connectivity index (χ1v) is 29.3. The molecule has 0 bridgehead atoms. The molecule has 0 amide bonds. The molecule has 8 fully saturated rings. The van der Waals surface area contributed by atoms with E-state index in [4.69, 9.17) is 0 Å². The minimum atomic E-state index is 0.654. The summed E-state index contributed by atoms with van der Waals surface area (Å²) >= 11 is 0. The largest absolute Gasteiger partial charge is 0.370 e. The number of aromatic nitrogens is 1. The molecule has 1 aromatic heterocycles. The van der Waals surface area contributed by atoms with Gasteiger partial charge in [0.05, 0.1) is 17.9 Å². The maximum absolute atomic E-state index is 4.36. The van der Waals surface area contributed by atoms with Crippen LogP contribution in [0.1, 0.15) is 169 Å². The first kappa shape index (κ1) is 54.9. The van der Waals surface area contributed by atoms with E-state index >= 15 is 0 Å². The predicted octanol–water partition coefficient (Wildman–Crippen LogP) is 10.9. The minimum Gasteiger partial charge on any atom is -0.370 e. The van der Waals surface area contributed by atoms with Gasteiger partial charge in [0.1, 0.15) is 0 Å². The smallest absolute Gasteiger partial charge is 0.0637 e. The summed E-state index contributed by atoms with van der Waals surface area (Å²) in [6.45, 7) is 21.3. The molecule has 5 saturated heterocycles. The molecule has 0 aromatic carbocycles. The number of aliphatic imine (C=N–C) groups is 1. The SMILES string of the molecule is CC1CC2=C(CN=C2)CN1C.CC1CC2CCCC2CN1C.CC1CC2CNCC2CN1C.CC1CCC2CCCCC2N1C.CC1CCC2CCCCC2N1C.CC1CCc2ncccc2N1C. The molecule has 9 heteroatoms. The number of anilines is 1. The molecule has 12 rings (SSSR count). The van der Waals surface area contributed by atoms with Gasteiger partial charge in [-0.3, -0.25) is 14.9 Å². The van der Waals surface area contributed by atoms with E-state index in [1.165, 1.54) is 171 Å². The molecule has 11 aliphatic rings. The lowest BCUT2D eigenvalue weighted by Crippen LogP contribution is -2.48. The molecule has 3 aliphatic carbocycles. The van der Waals surface area contributed by atoms with Crippen molar-refractivity contribution >= 4 is 11.9 Å². The van der Waals surface area contributed by atoms with E-state index in [1.54, 1.807) is 0 Å². The van der Waals surface area contributed by atoms with Gasteiger partial charge in [0.2, 0.25) is 0 Å². The molecule has 392 valence electrons. The fraction of sp³-hybridized carbons (Fsp3) is 0.867. The number of likely N-dealkylation sites (N-methyl/N-ethyl adjacent to an activating group) is 1. The molecular weight excluding hydrogens is 847 g/mol. The Morgan fingerprint density at radius 3 is 1.74 bits per heavy atom. The number of aryl methyl sites for hydroxylation is 1. The van der Waals surface area contributed by atoms with E-state index in [2.05, 4.69) is 141 Å². The molecule has 69 heavy (non-hydrogen) atoms. The molecule has 3 saturated carbocycles. The lowest BCUT2D eigenvalue weighted by molar-refractivity contribution is 0.0447. The van der Waals surface area contributed by atoms with Crippen LogP contribution in [-0.2, 0) is 6.42 Å². The fourth-order valence-corrected chi connectivity index (χ4v) is 14.8. The quantitative estimate of drug-likeness (QED) is 0.276. The number of hydrogen-bond donors (Lipinski definition) is 1. The normalized spacial score (nSPS) is 38.8. The average Bonchev–Trinajstić information content (AvgIpc) is 4.14. The van der Waals surface area contributed by atoms with Crippen molar-refractivity contribution in [1.29, 1.82) is 0 Å². The molecule has 9 heterocycles. The van der Waals surface area contributed by atoms with Gasteiger partial charge >= 0.3 is 0 Å². The third-order valence-corrected chi connectivity index (χ3v) is 20.6. The second-order valence-electron chi connectivity index (χ2n) is 25.1. The third-order valence-electron chi connectivity index (χ3n) is 20.6. The number of pyridine rings is 1. The highest BCUT2D eigenvalue weighted by Crippen LogP contribution is 2.40. The number of piperidine rings is 4. The van der Waals surface area contributed by atoms with Crippen molar-refractivity contribution in [3.05, 3.63) is 35.2 Å². The lowest BCUT2D eigenvalue weighted by Gasteiger charge is -2.45. The van der Waals surface area contributed by atoms with E-state index in [0.29, 0.717) is 12.1 Å². The van der Waals surface area contributed by atoms with Gasteiger partial charge in [-0.2, -0.15) is 0 Å². The zero-order valence-corrected chi connectivity index (χ0v) is 46.9. The summed E-state index contributed by atoms with van der Waals surface area (Å²) in [6.07, 6.45) is 32.5. The Morgan fingerprint density at radius 1 is 0.522 bits per heavy atom. The lowest BCUT2D eigenvalue weighted by atomic mass is 9.77. The van der Waals surface area contributed by atoms with Crippen molar-refractivity contribution in [2.75, 3.05) is 86.5 Å². The minimum absolute atomic E-state index is 0.654. The van der Waals surface area contributed by atoms with Crippen molar-refractivity contribution in [2.24, 2.45) is 40.5 Å². The summed E-state index contributed by atoms with van der Waals surface area (Å²) < 4.78 is 0. The maximum atomic E-state index is 4.36. The summed E-state index contributed by atoms with van der Waals surface area (Å²) in [5.41, 5.74) is 5.58. The van der Waals surface area contributed by atoms with Gasteiger partial charge in [-0.05, 0) is 239 Å². The average molecular weight is 955 g/mol. The van der Waals surface area contributed by atoms with Gasteiger partial charge in [-0.15, -0.1) is 0 Å². The molecular formula is C60H107N9. The Bertz CT molecular complexity index is 1640. The molecule has 8 aliphatic heterocycles. The van der Waals surface area contributed by atoms with Crippen molar-refractivity contribution in [1.82, 2.24) is 34.8 Å². The fourth-order valence-electron chi connectivity index (χ4n) is 14.8. The summed E-state index contributed by atoms with van der Waals surface area (Å²) in [5, 5.41) is 3.48. The molecule has 14 unspecified atom stereocenters. The second-order valence-corrected chi connectivity index (χ2v) is 25.1. The van der Waals surface area contributed by atoms with Crippen LogP contribution >= 0.6 is 0 Å². The van der Waals surface area contributed by atoms with Gasteiger partial charge in [-0.25, -0.2) is 0 Å². The molecule has 0 spiro atoms. The Morgan fingerprint density at radius 2 is 1.09 bits per heavy atom. The van der Waals surface area contributed by atoms with Gasteiger partial charge in [-0.1, -0.05) is 38.5 Å². The highest BCUT2D eigenvalue weighted by molar-refractivity contribution is 5.83. The summed E-state index contributed by atoms with van der Waals surface area (Å²) in [5.74, 6) is 6.13. The summed E-state index contributed by atoms with van der Waals surface area (Å²) in [7, 11) is 13.5. The second kappa shape index (κ2) is 26.4. The van der Waals surface area contributed by atoms with Crippen LogP contribution < -0.4 is 10.2 Å². The predicted molar refractivity (Wildman–Crippen MR) is 296 cm³/mol. The van der Waals surface area contributed by atoms with Gasteiger partial charge < -0.3 is 29.8 Å². The van der Waals surface area contributed by atoms with E-state index < -0.39 is 0 Å². The standard InChI is InChI=1S/2C11H21N.C10H14N2.C10H19N.C9H18N2.C9H14N2/c2*1-9-7-8-10-5-3-4-6-11(10)12(9)2;1-8-5-6-9-10(12(8)2)4-3-7-11-9;1-8-6-9-4-3-5-10(9)7-11(8)2;2*1-7-3-8-4-10-5-9(8)6-11(7)2/h2*9-11H,3-8H2,1-2H3;3-4,7-8H,5-6H2,1-2H3;8-10H,3-7H2,1-2H3;7-10H,3-6H2,1-2H3;4,7H,3,5-6H2,1-2H3. The number of likely N-dealkylation sites (tertiary alicyclic amines) is 4. The summed E-state index contributed by atoms with van der Waals surface area (Å²) in [6, 6.07) is 10.7.